The van der Waals surface area contributed by atoms with Crippen LogP contribution in [-0.4, -0.2) is 10.9 Å². The monoisotopic (exact) mass is 259 g/mol. The van der Waals surface area contributed by atoms with Crippen molar-refractivity contribution in [3.05, 3.63) is 59.7 Å². The van der Waals surface area contributed by atoms with Gasteiger partial charge in [-0.1, -0.05) is 6.07 Å². The number of anilines is 1. The molecule has 2 aromatic rings. The van der Waals surface area contributed by atoms with Gasteiger partial charge in [-0.25, -0.2) is 4.39 Å². The highest BCUT2D eigenvalue weighted by Crippen LogP contribution is 2.14. The van der Waals surface area contributed by atoms with Gasteiger partial charge in [0, 0.05) is 18.0 Å². The molecule has 2 rings (SSSR count). The Bertz CT molecular complexity index is 586. The highest BCUT2D eigenvalue weighted by atomic mass is 19.1. The summed E-state index contributed by atoms with van der Waals surface area (Å²) >= 11 is 0. The molecule has 1 amide bonds. The summed E-state index contributed by atoms with van der Waals surface area (Å²) in [7, 11) is 0. The molecule has 1 heterocycles. The Balaban J connectivity index is 2.11. The average Bonchev–Trinajstić information content (AvgIpc) is 2.42. The van der Waals surface area contributed by atoms with Gasteiger partial charge in [0.25, 0.3) is 5.91 Å². The van der Waals surface area contributed by atoms with Crippen molar-refractivity contribution in [3.8, 4) is 0 Å². The van der Waals surface area contributed by atoms with Gasteiger partial charge in [0.05, 0.1) is 11.7 Å². The number of carbonyl (C=O) groups excluding carboxylic acids is 1. The van der Waals surface area contributed by atoms with E-state index < -0.39 is 5.82 Å². The zero-order valence-corrected chi connectivity index (χ0v) is 10.4. The first-order valence-corrected chi connectivity index (χ1v) is 5.83. The number of nitrogen functional groups attached to an aromatic ring is 1. The van der Waals surface area contributed by atoms with Crippen molar-refractivity contribution in [1.82, 2.24) is 10.3 Å². The lowest BCUT2D eigenvalue weighted by Gasteiger charge is -2.14. The Morgan fingerprint density at radius 2 is 2.21 bits per heavy atom. The summed E-state index contributed by atoms with van der Waals surface area (Å²) in [4.78, 5) is 15.9. The minimum Gasteiger partial charge on any atom is -0.396 e. The Morgan fingerprint density at radius 3 is 2.84 bits per heavy atom. The van der Waals surface area contributed by atoms with Gasteiger partial charge >= 0.3 is 0 Å². The van der Waals surface area contributed by atoms with Crippen LogP contribution in [0.25, 0.3) is 0 Å². The fraction of sp³-hybridized carbons (Fsp3) is 0.143. The molecule has 0 aliphatic heterocycles. The van der Waals surface area contributed by atoms with E-state index in [1.54, 1.807) is 18.5 Å². The van der Waals surface area contributed by atoms with Crippen LogP contribution in [0.2, 0.25) is 0 Å². The summed E-state index contributed by atoms with van der Waals surface area (Å²) < 4.78 is 13.3. The van der Waals surface area contributed by atoms with Crippen LogP contribution >= 0.6 is 0 Å². The summed E-state index contributed by atoms with van der Waals surface area (Å²) in [6.07, 6.45) is 3.34. The lowest BCUT2D eigenvalue weighted by atomic mass is 10.1. The van der Waals surface area contributed by atoms with Gasteiger partial charge in [0.2, 0.25) is 0 Å². The van der Waals surface area contributed by atoms with E-state index in [2.05, 4.69) is 10.3 Å². The van der Waals surface area contributed by atoms with Crippen molar-refractivity contribution < 1.29 is 9.18 Å². The molecule has 3 N–H and O–H groups in total. The number of pyridine rings is 1. The van der Waals surface area contributed by atoms with Gasteiger partial charge in [0.15, 0.2) is 0 Å². The maximum absolute atomic E-state index is 13.3. The van der Waals surface area contributed by atoms with Gasteiger partial charge < -0.3 is 11.1 Å². The normalized spacial score (nSPS) is 11.9. The molecule has 1 unspecified atom stereocenters. The van der Waals surface area contributed by atoms with Crippen molar-refractivity contribution >= 4 is 11.6 Å². The quantitative estimate of drug-likeness (QED) is 0.831. The van der Waals surface area contributed by atoms with Gasteiger partial charge in [-0.15, -0.1) is 0 Å². The van der Waals surface area contributed by atoms with Crippen LogP contribution < -0.4 is 11.1 Å². The fourth-order valence-electron chi connectivity index (χ4n) is 1.66. The maximum atomic E-state index is 13.3. The summed E-state index contributed by atoms with van der Waals surface area (Å²) in [5.74, 6) is -0.947. The number of hydrogen-bond donors (Lipinski definition) is 2. The highest BCUT2D eigenvalue weighted by Gasteiger charge is 2.12. The van der Waals surface area contributed by atoms with E-state index in [1.165, 1.54) is 12.1 Å². The van der Waals surface area contributed by atoms with Crippen molar-refractivity contribution in [1.29, 1.82) is 0 Å². The van der Waals surface area contributed by atoms with E-state index in [1.807, 2.05) is 13.0 Å². The topological polar surface area (TPSA) is 68.0 Å². The van der Waals surface area contributed by atoms with Crippen LogP contribution in [-0.2, 0) is 0 Å². The molecule has 5 heteroatoms. The van der Waals surface area contributed by atoms with Gasteiger partial charge in [-0.2, -0.15) is 0 Å². The van der Waals surface area contributed by atoms with Crippen LogP contribution in [0.4, 0.5) is 10.1 Å². The number of amides is 1. The molecular formula is C14H14FN3O. The van der Waals surface area contributed by atoms with E-state index in [-0.39, 0.29) is 23.2 Å². The first-order valence-electron chi connectivity index (χ1n) is 5.83. The lowest BCUT2D eigenvalue weighted by Crippen LogP contribution is -2.26. The second kappa shape index (κ2) is 5.48. The molecule has 1 aromatic heterocycles. The second-order valence-corrected chi connectivity index (χ2v) is 4.22. The number of benzene rings is 1. The number of carbonyl (C=O) groups is 1. The molecule has 4 nitrogen and oxygen atoms in total. The average molecular weight is 259 g/mol. The molecule has 0 bridgehead atoms. The number of nitrogens with two attached hydrogens (primary N) is 1. The van der Waals surface area contributed by atoms with Crippen molar-refractivity contribution in [3.63, 3.8) is 0 Å². The van der Waals surface area contributed by atoms with E-state index >= 15 is 0 Å². The third-order valence-electron chi connectivity index (χ3n) is 2.79. The number of hydrogen-bond acceptors (Lipinski definition) is 3. The SMILES string of the molecule is CC(NC(=O)c1ccc(N)c(F)c1)c1cccnc1. The fourth-order valence-corrected chi connectivity index (χ4v) is 1.66. The molecule has 19 heavy (non-hydrogen) atoms. The van der Waals surface area contributed by atoms with Crippen LogP contribution in [0.5, 0.6) is 0 Å². The molecule has 0 saturated heterocycles. The molecule has 0 aliphatic carbocycles. The van der Waals surface area contributed by atoms with Crippen LogP contribution in [0.15, 0.2) is 42.7 Å². The second-order valence-electron chi connectivity index (χ2n) is 4.22. The standard InChI is InChI=1S/C14H14FN3O/c1-9(11-3-2-6-17-8-11)18-14(19)10-4-5-13(16)12(15)7-10/h2-9H,16H2,1H3,(H,18,19). The molecule has 0 radical (unpaired) electrons. The van der Waals surface area contributed by atoms with Crippen molar-refractivity contribution in [2.45, 2.75) is 13.0 Å². The zero-order chi connectivity index (χ0) is 13.8. The van der Waals surface area contributed by atoms with Crippen LogP contribution in [0.1, 0.15) is 28.9 Å². The van der Waals surface area contributed by atoms with Gasteiger partial charge in [0.1, 0.15) is 5.82 Å². The first-order chi connectivity index (χ1) is 9.08. The Hall–Kier alpha value is -2.43. The summed E-state index contributed by atoms with van der Waals surface area (Å²) in [5.41, 5.74) is 6.51. The minimum absolute atomic E-state index is 0.0249. The largest absolute Gasteiger partial charge is 0.396 e. The van der Waals surface area contributed by atoms with E-state index in [9.17, 15) is 9.18 Å². The molecule has 0 spiro atoms. The first kappa shape index (κ1) is 13.0. The smallest absolute Gasteiger partial charge is 0.251 e. The van der Waals surface area contributed by atoms with E-state index in [4.69, 9.17) is 5.73 Å². The van der Waals surface area contributed by atoms with Gasteiger partial charge in [-0.3, -0.25) is 9.78 Å². The minimum atomic E-state index is -0.596. The Labute approximate surface area is 110 Å². The van der Waals surface area contributed by atoms with Gasteiger partial charge in [-0.05, 0) is 36.8 Å². The third-order valence-corrected chi connectivity index (χ3v) is 2.79. The Morgan fingerprint density at radius 1 is 1.42 bits per heavy atom. The summed E-state index contributed by atoms with van der Waals surface area (Å²) in [6.45, 7) is 1.84. The molecule has 0 fully saturated rings. The predicted octanol–water partition coefficient (Wildman–Crippen LogP) is 2.29. The van der Waals surface area contributed by atoms with Crippen molar-refractivity contribution in [2.75, 3.05) is 5.73 Å². The zero-order valence-electron chi connectivity index (χ0n) is 10.4. The summed E-state index contributed by atoms with van der Waals surface area (Å²) in [5, 5.41) is 2.77. The molecule has 98 valence electrons. The van der Waals surface area contributed by atoms with E-state index in [0.29, 0.717) is 0 Å². The van der Waals surface area contributed by atoms with Crippen LogP contribution in [0, 0.1) is 5.82 Å². The molecular weight excluding hydrogens is 245 g/mol. The molecule has 1 atom stereocenters. The van der Waals surface area contributed by atoms with Crippen molar-refractivity contribution in [2.24, 2.45) is 0 Å². The predicted molar refractivity (Wildman–Crippen MR) is 70.9 cm³/mol. The highest BCUT2D eigenvalue weighted by molar-refractivity contribution is 5.94. The molecule has 0 saturated carbocycles. The number of nitrogens with one attached hydrogen (secondary N) is 1. The Kier molecular flexibility index (Phi) is 3.75. The lowest BCUT2D eigenvalue weighted by molar-refractivity contribution is 0.0939. The third kappa shape index (κ3) is 3.07. The number of nitrogens with zero attached hydrogens (tertiary/aromatic N) is 1. The maximum Gasteiger partial charge on any atom is 0.251 e. The molecule has 0 aliphatic rings. The molecule has 1 aromatic carbocycles. The summed E-state index contributed by atoms with van der Waals surface area (Å²) in [6, 6.07) is 7.44. The van der Waals surface area contributed by atoms with Crippen LogP contribution in [0.3, 0.4) is 0 Å². The number of rotatable bonds is 3. The number of aromatic nitrogens is 1. The van der Waals surface area contributed by atoms with E-state index in [0.717, 1.165) is 11.6 Å². The number of halogens is 1.